The second-order valence-corrected chi connectivity index (χ2v) is 7.06. The molecule has 0 amide bonds. The fraction of sp³-hybridized carbons (Fsp3) is 0.562. The van der Waals surface area contributed by atoms with Crippen LogP contribution in [0.1, 0.15) is 33.0 Å². The lowest BCUT2D eigenvalue weighted by Gasteiger charge is -2.20. The highest BCUT2D eigenvalue weighted by molar-refractivity contribution is 6.31. The van der Waals surface area contributed by atoms with E-state index in [1.165, 1.54) is 5.52 Å². The first-order chi connectivity index (χ1) is 9.29. The number of nitrogens with zero attached hydrogens (tertiary/aromatic N) is 3. The standard InChI is InChI=1S/C16H24ClN3/c1-16(2,3)15-18-13-11-12(17)7-8-14(13)20(15)10-6-9-19(4)5/h7-8,11H,6,9-10H2,1-5H3. The summed E-state index contributed by atoms with van der Waals surface area (Å²) in [5.74, 6) is 1.13. The number of halogens is 1. The third-order valence-electron chi connectivity index (χ3n) is 3.37. The smallest absolute Gasteiger partial charge is 0.115 e. The van der Waals surface area contributed by atoms with Gasteiger partial charge in [-0.2, -0.15) is 0 Å². The summed E-state index contributed by atoms with van der Waals surface area (Å²) < 4.78 is 2.34. The SMILES string of the molecule is CN(C)CCCn1c(C(C)(C)C)nc2cc(Cl)ccc21. The van der Waals surface area contributed by atoms with E-state index in [9.17, 15) is 0 Å². The van der Waals surface area contributed by atoms with Gasteiger partial charge in [0.2, 0.25) is 0 Å². The zero-order chi connectivity index (χ0) is 14.9. The first-order valence-corrected chi connectivity index (χ1v) is 7.48. The summed E-state index contributed by atoms with van der Waals surface area (Å²) >= 11 is 6.08. The Balaban J connectivity index is 2.42. The van der Waals surface area contributed by atoms with Gasteiger partial charge in [-0.25, -0.2) is 4.98 Å². The molecule has 0 aliphatic rings. The molecule has 0 aliphatic carbocycles. The van der Waals surface area contributed by atoms with Crippen LogP contribution in [0.3, 0.4) is 0 Å². The number of aromatic nitrogens is 2. The lowest BCUT2D eigenvalue weighted by atomic mass is 9.95. The molecule has 0 unspecified atom stereocenters. The van der Waals surface area contributed by atoms with Crippen molar-refractivity contribution in [2.45, 2.75) is 39.2 Å². The van der Waals surface area contributed by atoms with Crippen LogP contribution in [0.15, 0.2) is 18.2 Å². The second kappa shape index (κ2) is 5.74. The topological polar surface area (TPSA) is 21.1 Å². The Bertz CT molecular complexity index is 594. The van der Waals surface area contributed by atoms with Gasteiger partial charge in [0, 0.05) is 17.0 Å². The highest BCUT2D eigenvalue weighted by Crippen LogP contribution is 2.28. The number of imidazole rings is 1. The summed E-state index contributed by atoms with van der Waals surface area (Å²) in [6.07, 6.45) is 1.12. The molecule has 1 heterocycles. The molecule has 20 heavy (non-hydrogen) atoms. The first-order valence-electron chi connectivity index (χ1n) is 7.10. The van der Waals surface area contributed by atoms with Gasteiger partial charge in [-0.05, 0) is 45.3 Å². The summed E-state index contributed by atoms with van der Waals surface area (Å²) in [6.45, 7) is 8.69. The van der Waals surface area contributed by atoms with Gasteiger partial charge in [-0.1, -0.05) is 32.4 Å². The van der Waals surface area contributed by atoms with E-state index in [0.29, 0.717) is 0 Å². The molecular weight excluding hydrogens is 270 g/mol. The lowest BCUT2D eigenvalue weighted by molar-refractivity contribution is 0.381. The summed E-state index contributed by atoms with van der Waals surface area (Å²) in [5.41, 5.74) is 2.20. The average Bonchev–Trinajstić information content (AvgIpc) is 2.66. The third kappa shape index (κ3) is 3.33. The normalized spacial score (nSPS) is 12.6. The van der Waals surface area contributed by atoms with E-state index < -0.39 is 0 Å². The van der Waals surface area contributed by atoms with Crippen molar-refractivity contribution in [3.63, 3.8) is 0 Å². The second-order valence-electron chi connectivity index (χ2n) is 6.63. The number of fused-ring (bicyclic) bond motifs is 1. The maximum Gasteiger partial charge on any atom is 0.115 e. The van der Waals surface area contributed by atoms with E-state index in [2.05, 4.69) is 50.4 Å². The molecule has 1 aromatic heterocycles. The predicted molar refractivity (Wildman–Crippen MR) is 86.6 cm³/mol. The Labute approximate surface area is 126 Å². The van der Waals surface area contributed by atoms with Crippen LogP contribution in [-0.4, -0.2) is 35.1 Å². The van der Waals surface area contributed by atoms with Gasteiger partial charge in [0.25, 0.3) is 0 Å². The minimum absolute atomic E-state index is 0.0314. The van der Waals surface area contributed by atoms with Crippen LogP contribution in [0.5, 0.6) is 0 Å². The van der Waals surface area contributed by atoms with Crippen LogP contribution in [0.2, 0.25) is 5.02 Å². The summed E-state index contributed by atoms with van der Waals surface area (Å²) in [5, 5.41) is 0.746. The number of rotatable bonds is 4. The molecule has 0 saturated heterocycles. The van der Waals surface area contributed by atoms with E-state index in [4.69, 9.17) is 16.6 Å². The molecule has 0 saturated carbocycles. The van der Waals surface area contributed by atoms with Crippen molar-refractivity contribution in [1.82, 2.24) is 14.5 Å². The van der Waals surface area contributed by atoms with Gasteiger partial charge in [0.05, 0.1) is 11.0 Å². The molecule has 1 aromatic carbocycles. The van der Waals surface area contributed by atoms with Gasteiger partial charge in [0.1, 0.15) is 5.82 Å². The monoisotopic (exact) mass is 293 g/mol. The maximum atomic E-state index is 6.08. The third-order valence-corrected chi connectivity index (χ3v) is 3.60. The molecule has 0 atom stereocenters. The number of hydrogen-bond acceptors (Lipinski definition) is 2. The number of hydrogen-bond donors (Lipinski definition) is 0. The van der Waals surface area contributed by atoms with Gasteiger partial charge in [-0.15, -0.1) is 0 Å². The average molecular weight is 294 g/mol. The van der Waals surface area contributed by atoms with Gasteiger partial charge in [0.15, 0.2) is 0 Å². The highest BCUT2D eigenvalue weighted by atomic mass is 35.5. The Hall–Kier alpha value is -1.06. The van der Waals surface area contributed by atoms with Crippen LogP contribution in [0.4, 0.5) is 0 Å². The van der Waals surface area contributed by atoms with E-state index in [1.807, 2.05) is 12.1 Å². The van der Waals surface area contributed by atoms with Gasteiger partial charge < -0.3 is 9.47 Å². The Morgan fingerprint density at radius 3 is 2.55 bits per heavy atom. The molecule has 0 radical (unpaired) electrons. The van der Waals surface area contributed by atoms with Crippen LogP contribution in [0.25, 0.3) is 11.0 Å². The molecule has 2 aromatic rings. The highest BCUT2D eigenvalue weighted by Gasteiger charge is 2.22. The quantitative estimate of drug-likeness (QED) is 0.851. The molecule has 0 N–H and O–H groups in total. The Morgan fingerprint density at radius 2 is 1.95 bits per heavy atom. The molecule has 2 rings (SSSR count). The predicted octanol–water partition coefficient (Wildman–Crippen LogP) is 3.94. The first kappa shape index (κ1) is 15.3. The van der Waals surface area contributed by atoms with Crippen LogP contribution < -0.4 is 0 Å². The number of aryl methyl sites for hydroxylation is 1. The fourth-order valence-electron chi connectivity index (χ4n) is 2.45. The molecule has 0 spiro atoms. The van der Waals surface area contributed by atoms with Crippen molar-refractivity contribution in [3.05, 3.63) is 29.0 Å². The van der Waals surface area contributed by atoms with Gasteiger partial charge in [-0.3, -0.25) is 0 Å². The Kier molecular flexibility index (Phi) is 4.40. The van der Waals surface area contributed by atoms with Crippen LogP contribution in [-0.2, 0) is 12.0 Å². The molecule has 0 aliphatic heterocycles. The van der Waals surface area contributed by atoms with E-state index >= 15 is 0 Å². The molecule has 110 valence electrons. The zero-order valence-corrected chi connectivity index (χ0v) is 13.8. The van der Waals surface area contributed by atoms with Crippen LogP contribution >= 0.6 is 11.6 Å². The maximum absolute atomic E-state index is 6.08. The van der Waals surface area contributed by atoms with E-state index in [0.717, 1.165) is 35.9 Å². The van der Waals surface area contributed by atoms with Crippen LogP contribution in [0, 0.1) is 0 Å². The molecule has 0 fully saturated rings. The molecule has 0 bridgehead atoms. The van der Waals surface area contributed by atoms with Crippen molar-refractivity contribution < 1.29 is 0 Å². The van der Waals surface area contributed by atoms with Gasteiger partial charge >= 0.3 is 0 Å². The van der Waals surface area contributed by atoms with Crippen molar-refractivity contribution in [1.29, 1.82) is 0 Å². The minimum atomic E-state index is 0.0314. The fourth-order valence-corrected chi connectivity index (χ4v) is 2.61. The Morgan fingerprint density at radius 1 is 1.25 bits per heavy atom. The molecule has 4 heteroatoms. The lowest BCUT2D eigenvalue weighted by Crippen LogP contribution is -2.21. The van der Waals surface area contributed by atoms with Crippen molar-refractivity contribution >= 4 is 22.6 Å². The summed E-state index contributed by atoms with van der Waals surface area (Å²) in [4.78, 5) is 7.02. The van der Waals surface area contributed by atoms with E-state index in [1.54, 1.807) is 0 Å². The molecular formula is C16H24ClN3. The zero-order valence-electron chi connectivity index (χ0n) is 13.1. The minimum Gasteiger partial charge on any atom is -0.327 e. The van der Waals surface area contributed by atoms with Crippen molar-refractivity contribution in [2.75, 3.05) is 20.6 Å². The summed E-state index contributed by atoms with van der Waals surface area (Å²) in [7, 11) is 4.22. The van der Waals surface area contributed by atoms with Crippen molar-refractivity contribution in [3.8, 4) is 0 Å². The van der Waals surface area contributed by atoms with E-state index in [-0.39, 0.29) is 5.41 Å². The number of benzene rings is 1. The van der Waals surface area contributed by atoms with Crippen molar-refractivity contribution in [2.24, 2.45) is 0 Å². The largest absolute Gasteiger partial charge is 0.327 e. The summed E-state index contributed by atoms with van der Waals surface area (Å²) in [6, 6.07) is 5.98. The molecule has 3 nitrogen and oxygen atoms in total.